The lowest BCUT2D eigenvalue weighted by Crippen LogP contribution is -2.33. The van der Waals surface area contributed by atoms with Crippen LogP contribution in [0.3, 0.4) is 0 Å². The van der Waals surface area contributed by atoms with Crippen LogP contribution in [-0.4, -0.2) is 24.6 Å². The molecular weight excluding hydrogens is 356 g/mol. The Kier molecular flexibility index (Phi) is 7.12. The molecule has 0 N–H and O–H groups in total. The van der Waals surface area contributed by atoms with Crippen molar-refractivity contribution in [2.24, 2.45) is 0 Å². The number of aryl methyl sites for hydroxylation is 5. The summed E-state index contributed by atoms with van der Waals surface area (Å²) in [4.78, 5) is 15.3. The maximum absolute atomic E-state index is 12.9. The summed E-state index contributed by atoms with van der Waals surface area (Å²) < 4.78 is 10.6. The Morgan fingerprint density at radius 2 is 1.44 bits per heavy atom. The summed E-state index contributed by atoms with van der Waals surface area (Å²) in [5.74, 6) is -0.230. The summed E-state index contributed by atoms with van der Waals surface area (Å²) in [5, 5.41) is -0.302. The third kappa shape index (κ3) is 4.94. The standard InChI is InChI=1S/C23H31O3S/c1-14-9-10-21(16(3)11-14)27(19(6)23(24)26-20(7)25-8)22-17(4)12-15(2)13-18(22)5/h9-13,19-20H,1-8H3/q+1. The van der Waals surface area contributed by atoms with E-state index in [1.165, 1.54) is 37.6 Å². The van der Waals surface area contributed by atoms with Crippen molar-refractivity contribution in [2.45, 2.75) is 69.8 Å². The Bertz CT molecular complexity index is 805. The van der Waals surface area contributed by atoms with Gasteiger partial charge in [0, 0.05) is 23.8 Å². The van der Waals surface area contributed by atoms with Gasteiger partial charge in [0.15, 0.2) is 16.1 Å². The SMILES string of the molecule is COC(C)OC(=O)C(C)[S+](c1ccc(C)cc1C)c1c(C)cc(C)cc1C. The van der Waals surface area contributed by atoms with E-state index in [-0.39, 0.29) is 11.2 Å². The number of rotatable bonds is 6. The Morgan fingerprint density at radius 1 is 0.889 bits per heavy atom. The van der Waals surface area contributed by atoms with Crippen LogP contribution in [0.15, 0.2) is 40.1 Å². The number of carbonyl (C=O) groups is 1. The highest BCUT2D eigenvalue weighted by Crippen LogP contribution is 2.35. The van der Waals surface area contributed by atoms with Gasteiger partial charge in [0.05, 0.1) is 10.9 Å². The number of benzene rings is 2. The maximum Gasteiger partial charge on any atom is 0.362 e. The zero-order chi connectivity index (χ0) is 20.3. The van der Waals surface area contributed by atoms with Gasteiger partial charge in [0.25, 0.3) is 0 Å². The van der Waals surface area contributed by atoms with Gasteiger partial charge in [-0.1, -0.05) is 35.4 Å². The van der Waals surface area contributed by atoms with E-state index in [1.54, 1.807) is 14.0 Å². The summed E-state index contributed by atoms with van der Waals surface area (Å²) in [6.07, 6.45) is -0.551. The Labute approximate surface area is 166 Å². The average Bonchev–Trinajstić information content (AvgIpc) is 2.58. The van der Waals surface area contributed by atoms with E-state index in [9.17, 15) is 4.79 Å². The highest BCUT2D eigenvalue weighted by atomic mass is 32.2. The minimum absolute atomic E-state index is 0.230. The van der Waals surface area contributed by atoms with Gasteiger partial charge in [0.2, 0.25) is 5.25 Å². The maximum atomic E-state index is 12.9. The third-order valence-electron chi connectivity index (χ3n) is 4.69. The summed E-state index contributed by atoms with van der Waals surface area (Å²) in [6, 6.07) is 10.9. The monoisotopic (exact) mass is 387 g/mol. The normalized spacial score (nSPS) is 14.5. The summed E-state index contributed by atoms with van der Waals surface area (Å²) in [5.41, 5.74) is 6.10. The second kappa shape index (κ2) is 8.94. The molecule has 2 rings (SSSR count). The average molecular weight is 388 g/mol. The molecule has 0 aliphatic rings. The molecule has 0 spiro atoms. The van der Waals surface area contributed by atoms with Crippen LogP contribution < -0.4 is 0 Å². The first kappa shape index (κ1) is 21.5. The van der Waals surface area contributed by atoms with Crippen molar-refractivity contribution in [1.82, 2.24) is 0 Å². The highest BCUT2D eigenvalue weighted by molar-refractivity contribution is 7.98. The molecule has 4 heteroatoms. The quantitative estimate of drug-likeness (QED) is 0.389. The van der Waals surface area contributed by atoms with Gasteiger partial charge in [-0.25, -0.2) is 4.79 Å². The van der Waals surface area contributed by atoms with Crippen molar-refractivity contribution in [3.05, 3.63) is 58.1 Å². The molecule has 0 saturated carbocycles. The zero-order valence-electron chi connectivity index (χ0n) is 17.7. The van der Waals surface area contributed by atoms with E-state index in [0.717, 1.165) is 0 Å². The first-order valence-corrected chi connectivity index (χ1v) is 10.6. The van der Waals surface area contributed by atoms with Crippen LogP contribution in [0.1, 0.15) is 41.7 Å². The highest BCUT2D eigenvalue weighted by Gasteiger charge is 2.42. The summed E-state index contributed by atoms with van der Waals surface area (Å²) in [7, 11) is 1.12. The smallest absolute Gasteiger partial charge is 0.362 e. The number of methoxy groups -OCH3 is 1. The Hall–Kier alpha value is -1.78. The molecular formula is C23H31O3S+. The molecule has 0 heterocycles. The fourth-order valence-corrected chi connectivity index (χ4v) is 6.08. The zero-order valence-corrected chi connectivity index (χ0v) is 18.5. The van der Waals surface area contributed by atoms with E-state index in [0.29, 0.717) is 0 Å². The fraction of sp³-hybridized carbons (Fsp3) is 0.435. The van der Waals surface area contributed by atoms with E-state index in [1.807, 2.05) is 6.92 Å². The number of carbonyl (C=O) groups excluding carboxylic acids is 1. The van der Waals surface area contributed by atoms with Crippen LogP contribution in [0, 0.1) is 34.6 Å². The van der Waals surface area contributed by atoms with Crippen molar-refractivity contribution in [3.63, 3.8) is 0 Å². The van der Waals surface area contributed by atoms with Crippen LogP contribution >= 0.6 is 0 Å². The molecule has 0 saturated heterocycles. The van der Waals surface area contributed by atoms with Crippen LogP contribution in [-0.2, 0) is 25.2 Å². The van der Waals surface area contributed by atoms with E-state index in [4.69, 9.17) is 9.47 Å². The predicted molar refractivity (Wildman–Crippen MR) is 112 cm³/mol. The molecule has 0 amide bonds. The van der Waals surface area contributed by atoms with E-state index < -0.39 is 17.2 Å². The van der Waals surface area contributed by atoms with Crippen LogP contribution in [0.2, 0.25) is 0 Å². The molecule has 0 aliphatic carbocycles. The molecule has 27 heavy (non-hydrogen) atoms. The van der Waals surface area contributed by atoms with Crippen molar-refractivity contribution in [1.29, 1.82) is 0 Å². The second-order valence-corrected chi connectivity index (χ2v) is 9.45. The van der Waals surface area contributed by atoms with Crippen molar-refractivity contribution in [3.8, 4) is 0 Å². The molecule has 3 atom stereocenters. The molecule has 0 aliphatic heterocycles. The molecule has 3 nitrogen and oxygen atoms in total. The van der Waals surface area contributed by atoms with Gasteiger partial charge >= 0.3 is 5.97 Å². The topological polar surface area (TPSA) is 35.5 Å². The molecule has 0 radical (unpaired) electrons. The van der Waals surface area contributed by atoms with E-state index in [2.05, 4.69) is 65.0 Å². The molecule has 146 valence electrons. The lowest BCUT2D eigenvalue weighted by Gasteiger charge is -2.20. The van der Waals surface area contributed by atoms with Crippen LogP contribution in [0.25, 0.3) is 0 Å². The van der Waals surface area contributed by atoms with Crippen molar-refractivity contribution >= 4 is 16.9 Å². The largest absolute Gasteiger partial charge is 0.432 e. The molecule has 0 fully saturated rings. The van der Waals surface area contributed by atoms with E-state index >= 15 is 0 Å². The van der Waals surface area contributed by atoms with Gasteiger partial charge in [-0.15, -0.1) is 0 Å². The van der Waals surface area contributed by atoms with Gasteiger partial charge in [-0.05, 0) is 54.5 Å². The number of ether oxygens (including phenoxy) is 2. The third-order valence-corrected chi connectivity index (χ3v) is 7.61. The summed E-state index contributed by atoms with van der Waals surface area (Å²) in [6.45, 7) is 14.3. The van der Waals surface area contributed by atoms with Crippen LogP contribution in [0.5, 0.6) is 0 Å². The molecule has 0 aromatic heterocycles. The minimum Gasteiger partial charge on any atom is -0.432 e. The van der Waals surface area contributed by atoms with Gasteiger partial charge in [-0.2, -0.15) is 0 Å². The molecule has 2 aromatic carbocycles. The Balaban J connectivity index is 2.61. The number of esters is 1. The number of hydrogen-bond donors (Lipinski definition) is 0. The molecule has 0 bridgehead atoms. The summed E-state index contributed by atoms with van der Waals surface area (Å²) >= 11 is 0. The Morgan fingerprint density at radius 3 is 1.96 bits per heavy atom. The predicted octanol–water partition coefficient (Wildman–Crippen LogP) is 5.19. The van der Waals surface area contributed by atoms with Crippen molar-refractivity contribution < 1.29 is 14.3 Å². The lowest BCUT2D eigenvalue weighted by atomic mass is 10.1. The lowest BCUT2D eigenvalue weighted by molar-refractivity contribution is -0.168. The van der Waals surface area contributed by atoms with Gasteiger partial charge in [-0.3, -0.25) is 0 Å². The van der Waals surface area contributed by atoms with Gasteiger partial charge in [0.1, 0.15) is 0 Å². The number of hydrogen-bond acceptors (Lipinski definition) is 3. The van der Waals surface area contributed by atoms with Crippen LogP contribution in [0.4, 0.5) is 0 Å². The fourth-order valence-electron chi connectivity index (χ4n) is 3.44. The first-order chi connectivity index (χ1) is 12.6. The first-order valence-electron chi connectivity index (χ1n) is 9.27. The molecule has 3 unspecified atom stereocenters. The minimum atomic E-state index is -0.551. The van der Waals surface area contributed by atoms with Crippen molar-refractivity contribution in [2.75, 3.05) is 7.11 Å². The second-order valence-electron chi connectivity index (χ2n) is 7.22. The molecule has 2 aromatic rings. The van der Waals surface area contributed by atoms with Gasteiger partial charge < -0.3 is 9.47 Å².